The molecule has 104 valence electrons. The summed E-state index contributed by atoms with van der Waals surface area (Å²) in [6.45, 7) is 4.84. The van der Waals surface area contributed by atoms with Crippen LogP contribution in [-0.2, 0) is 6.54 Å². The Morgan fingerprint density at radius 2 is 2.05 bits per heavy atom. The molecule has 1 aliphatic rings. The van der Waals surface area contributed by atoms with Gasteiger partial charge in [-0.15, -0.1) is 0 Å². The van der Waals surface area contributed by atoms with E-state index in [1.165, 1.54) is 6.42 Å². The number of hydrogen-bond acceptors (Lipinski definition) is 1. The Morgan fingerprint density at radius 3 is 2.68 bits per heavy atom. The Bertz CT molecular complexity index is 440. The van der Waals surface area contributed by atoms with E-state index in [2.05, 4.69) is 35.1 Å². The Labute approximate surface area is 123 Å². The van der Waals surface area contributed by atoms with Gasteiger partial charge in [-0.1, -0.05) is 28.1 Å². The van der Waals surface area contributed by atoms with Gasteiger partial charge < -0.3 is 10.2 Å². The first-order valence-corrected chi connectivity index (χ1v) is 7.68. The molecule has 0 saturated carbocycles. The van der Waals surface area contributed by atoms with Crippen LogP contribution in [0.4, 0.5) is 4.79 Å². The average Bonchev–Trinajstić information content (AvgIpc) is 2.36. The number of piperidine rings is 1. The van der Waals surface area contributed by atoms with E-state index in [1.807, 2.05) is 29.2 Å². The highest BCUT2D eigenvalue weighted by atomic mass is 79.9. The van der Waals surface area contributed by atoms with Crippen LogP contribution in [0, 0.1) is 0 Å². The third-order valence-electron chi connectivity index (χ3n) is 3.76. The largest absolute Gasteiger partial charge is 0.334 e. The Kier molecular flexibility index (Phi) is 4.86. The molecule has 2 unspecified atom stereocenters. The van der Waals surface area contributed by atoms with Crippen molar-refractivity contribution in [2.24, 2.45) is 0 Å². The van der Waals surface area contributed by atoms with Crippen molar-refractivity contribution < 1.29 is 4.79 Å². The van der Waals surface area contributed by atoms with Gasteiger partial charge in [-0.05, 0) is 50.8 Å². The van der Waals surface area contributed by atoms with Gasteiger partial charge in [-0.3, -0.25) is 0 Å². The third kappa shape index (κ3) is 3.72. The molecular formula is C15H21BrN2O. The molecule has 4 heteroatoms. The fourth-order valence-electron chi connectivity index (χ4n) is 2.74. The second-order valence-electron chi connectivity index (χ2n) is 5.32. The van der Waals surface area contributed by atoms with Crippen LogP contribution in [-0.4, -0.2) is 23.0 Å². The van der Waals surface area contributed by atoms with Crippen molar-refractivity contribution in [2.45, 2.75) is 51.7 Å². The van der Waals surface area contributed by atoms with E-state index in [0.29, 0.717) is 18.6 Å². The highest BCUT2D eigenvalue weighted by Crippen LogP contribution is 2.22. The molecule has 2 amide bonds. The van der Waals surface area contributed by atoms with Gasteiger partial charge in [-0.25, -0.2) is 4.79 Å². The number of carbonyl (C=O) groups excluding carboxylic acids is 1. The van der Waals surface area contributed by atoms with Crippen molar-refractivity contribution in [1.29, 1.82) is 0 Å². The number of rotatable bonds is 2. The number of hydrogen-bond donors (Lipinski definition) is 1. The van der Waals surface area contributed by atoms with Crippen molar-refractivity contribution in [2.75, 3.05) is 0 Å². The van der Waals surface area contributed by atoms with Gasteiger partial charge in [0.1, 0.15) is 0 Å². The molecule has 1 fully saturated rings. The van der Waals surface area contributed by atoms with E-state index in [-0.39, 0.29) is 6.03 Å². The summed E-state index contributed by atoms with van der Waals surface area (Å²) < 4.78 is 1.04. The molecule has 1 saturated heterocycles. The molecule has 1 N–H and O–H groups in total. The number of nitrogens with zero attached hydrogens (tertiary/aromatic N) is 1. The summed E-state index contributed by atoms with van der Waals surface area (Å²) in [4.78, 5) is 14.3. The number of carbonyl (C=O) groups is 1. The minimum atomic E-state index is 0.0553. The van der Waals surface area contributed by atoms with Gasteiger partial charge in [0.05, 0.1) is 0 Å². The van der Waals surface area contributed by atoms with E-state index < -0.39 is 0 Å². The van der Waals surface area contributed by atoms with Crippen LogP contribution < -0.4 is 5.32 Å². The Hall–Kier alpha value is -1.03. The number of likely N-dealkylation sites (tertiary alicyclic amines) is 1. The maximum absolute atomic E-state index is 12.3. The maximum Gasteiger partial charge on any atom is 0.318 e. The van der Waals surface area contributed by atoms with E-state index in [9.17, 15) is 4.79 Å². The summed E-state index contributed by atoms with van der Waals surface area (Å²) in [5.41, 5.74) is 1.11. The monoisotopic (exact) mass is 324 g/mol. The molecule has 19 heavy (non-hydrogen) atoms. The fourth-order valence-corrected chi connectivity index (χ4v) is 3.18. The van der Waals surface area contributed by atoms with Crippen LogP contribution in [0.2, 0.25) is 0 Å². The summed E-state index contributed by atoms with van der Waals surface area (Å²) in [6, 6.07) is 8.76. The first-order chi connectivity index (χ1) is 9.08. The number of halogens is 1. The fraction of sp³-hybridized carbons (Fsp3) is 0.533. The van der Waals surface area contributed by atoms with Crippen molar-refractivity contribution in [3.05, 3.63) is 34.3 Å². The van der Waals surface area contributed by atoms with Gasteiger partial charge >= 0.3 is 6.03 Å². The number of amides is 2. The van der Waals surface area contributed by atoms with Gasteiger partial charge in [0.2, 0.25) is 0 Å². The lowest BCUT2D eigenvalue weighted by atomic mass is 9.98. The third-order valence-corrected chi connectivity index (χ3v) is 4.25. The lowest BCUT2D eigenvalue weighted by Crippen LogP contribution is -2.51. The van der Waals surface area contributed by atoms with E-state index in [1.54, 1.807) is 0 Å². The smallest absolute Gasteiger partial charge is 0.318 e. The van der Waals surface area contributed by atoms with Crippen LogP contribution >= 0.6 is 15.9 Å². The van der Waals surface area contributed by atoms with Crippen LogP contribution in [0.5, 0.6) is 0 Å². The van der Waals surface area contributed by atoms with Crippen LogP contribution in [0.1, 0.15) is 38.7 Å². The number of urea groups is 1. The predicted octanol–water partition coefficient (Wildman–Crippen LogP) is 3.92. The SMILES string of the molecule is CC1CCCC(C)N1C(=O)NCc1cccc(Br)c1. The highest BCUT2D eigenvalue weighted by molar-refractivity contribution is 9.10. The van der Waals surface area contributed by atoms with Crippen molar-refractivity contribution in [1.82, 2.24) is 10.2 Å². The van der Waals surface area contributed by atoms with E-state index in [4.69, 9.17) is 0 Å². The summed E-state index contributed by atoms with van der Waals surface area (Å²) >= 11 is 3.44. The van der Waals surface area contributed by atoms with E-state index in [0.717, 1.165) is 22.9 Å². The summed E-state index contributed by atoms with van der Waals surface area (Å²) in [6.07, 6.45) is 3.43. The molecule has 3 nitrogen and oxygen atoms in total. The predicted molar refractivity (Wildman–Crippen MR) is 81.0 cm³/mol. The molecule has 0 aromatic heterocycles. The summed E-state index contributed by atoms with van der Waals surface area (Å²) in [7, 11) is 0. The zero-order valence-corrected chi connectivity index (χ0v) is 13.1. The second-order valence-corrected chi connectivity index (χ2v) is 6.24. The maximum atomic E-state index is 12.3. The molecule has 0 radical (unpaired) electrons. The lowest BCUT2D eigenvalue weighted by molar-refractivity contribution is 0.123. The van der Waals surface area contributed by atoms with Crippen molar-refractivity contribution >= 4 is 22.0 Å². The second kappa shape index (κ2) is 6.42. The quantitative estimate of drug-likeness (QED) is 0.878. The molecule has 1 aromatic rings. The lowest BCUT2D eigenvalue weighted by Gasteiger charge is -2.38. The Balaban J connectivity index is 1.93. The summed E-state index contributed by atoms with van der Waals surface area (Å²) in [5, 5.41) is 3.02. The van der Waals surface area contributed by atoms with Crippen LogP contribution in [0.15, 0.2) is 28.7 Å². The standard InChI is InChI=1S/C15H21BrN2O/c1-11-5-3-6-12(2)18(11)15(19)17-10-13-7-4-8-14(16)9-13/h4,7-9,11-12H,3,5-6,10H2,1-2H3,(H,17,19). The number of benzene rings is 1. The van der Waals surface area contributed by atoms with Crippen molar-refractivity contribution in [3.63, 3.8) is 0 Å². The Morgan fingerprint density at radius 1 is 1.37 bits per heavy atom. The minimum absolute atomic E-state index is 0.0553. The average molecular weight is 325 g/mol. The number of nitrogens with one attached hydrogen (secondary N) is 1. The van der Waals surface area contributed by atoms with Gasteiger partial charge in [-0.2, -0.15) is 0 Å². The molecular weight excluding hydrogens is 304 g/mol. The topological polar surface area (TPSA) is 32.3 Å². The normalized spacial score (nSPS) is 23.2. The van der Waals surface area contributed by atoms with Crippen molar-refractivity contribution in [3.8, 4) is 0 Å². The highest BCUT2D eigenvalue weighted by Gasteiger charge is 2.28. The zero-order chi connectivity index (χ0) is 13.8. The van der Waals surface area contributed by atoms with Gasteiger partial charge in [0, 0.05) is 23.1 Å². The molecule has 0 spiro atoms. The van der Waals surface area contributed by atoms with Gasteiger partial charge in [0.25, 0.3) is 0 Å². The molecule has 0 bridgehead atoms. The van der Waals surface area contributed by atoms with Crippen LogP contribution in [0.3, 0.4) is 0 Å². The first kappa shape index (κ1) is 14.4. The van der Waals surface area contributed by atoms with Gasteiger partial charge in [0.15, 0.2) is 0 Å². The minimum Gasteiger partial charge on any atom is -0.334 e. The zero-order valence-electron chi connectivity index (χ0n) is 11.5. The molecule has 1 heterocycles. The molecule has 1 aromatic carbocycles. The first-order valence-electron chi connectivity index (χ1n) is 6.88. The van der Waals surface area contributed by atoms with Crippen LogP contribution in [0.25, 0.3) is 0 Å². The molecule has 2 rings (SSSR count). The summed E-state index contributed by atoms with van der Waals surface area (Å²) in [5.74, 6) is 0. The molecule has 0 aliphatic carbocycles. The molecule has 1 aliphatic heterocycles. The van der Waals surface area contributed by atoms with E-state index >= 15 is 0 Å². The molecule has 2 atom stereocenters.